The molecule has 0 aromatic carbocycles. The number of hydrogen-bond donors (Lipinski definition) is 2. The zero-order valence-corrected chi connectivity index (χ0v) is 12.2. The number of unbranched alkanes of at least 4 members (excludes halogenated alkanes) is 5. The summed E-state index contributed by atoms with van der Waals surface area (Å²) >= 11 is 1.46. The third kappa shape index (κ3) is 5.08. The van der Waals surface area contributed by atoms with Crippen LogP contribution < -0.4 is 11.1 Å². The van der Waals surface area contributed by atoms with E-state index in [1.807, 2.05) is 6.92 Å². The smallest absolute Gasteiger partial charge is 0.261 e. The van der Waals surface area contributed by atoms with Gasteiger partial charge in [-0.1, -0.05) is 39.0 Å². The van der Waals surface area contributed by atoms with E-state index in [1.165, 1.54) is 43.4 Å². The van der Waals surface area contributed by atoms with Crippen molar-refractivity contribution in [3.63, 3.8) is 0 Å². The highest BCUT2D eigenvalue weighted by Crippen LogP contribution is 2.23. The van der Waals surface area contributed by atoms with Crippen molar-refractivity contribution in [3.8, 4) is 0 Å². The molecule has 1 heterocycles. The van der Waals surface area contributed by atoms with Crippen molar-refractivity contribution in [1.29, 1.82) is 0 Å². The molecule has 0 aliphatic heterocycles. The molecule has 1 amide bonds. The highest BCUT2D eigenvalue weighted by atomic mass is 32.1. The van der Waals surface area contributed by atoms with Gasteiger partial charge in [0.25, 0.3) is 5.91 Å². The van der Waals surface area contributed by atoms with Gasteiger partial charge in [-0.25, -0.2) is 0 Å². The maximum atomic E-state index is 11.8. The van der Waals surface area contributed by atoms with Crippen LogP contribution in [0.1, 0.15) is 60.0 Å². The van der Waals surface area contributed by atoms with Gasteiger partial charge in [-0.2, -0.15) is 0 Å². The molecule has 0 spiro atoms. The van der Waals surface area contributed by atoms with Crippen LogP contribution in [0, 0.1) is 6.92 Å². The van der Waals surface area contributed by atoms with E-state index >= 15 is 0 Å². The summed E-state index contributed by atoms with van der Waals surface area (Å²) in [6.45, 7) is 4.92. The molecule has 4 heteroatoms. The first kappa shape index (κ1) is 15.0. The quantitative estimate of drug-likeness (QED) is 0.706. The predicted octanol–water partition coefficient (Wildman–Crippen LogP) is 3.73. The van der Waals surface area contributed by atoms with Crippen molar-refractivity contribution in [2.45, 2.75) is 52.4 Å². The molecule has 18 heavy (non-hydrogen) atoms. The molecular formula is C14H24N2OS. The van der Waals surface area contributed by atoms with Gasteiger partial charge in [0.2, 0.25) is 0 Å². The van der Waals surface area contributed by atoms with Crippen LogP contribution in [0.3, 0.4) is 0 Å². The Morgan fingerprint density at radius 3 is 2.56 bits per heavy atom. The summed E-state index contributed by atoms with van der Waals surface area (Å²) in [5.74, 6) is 0.00774. The van der Waals surface area contributed by atoms with Crippen LogP contribution in [0.5, 0.6) is 0 Å². The van der Waals surface area contributed by atoms with Crippen molar-refractivity contribution in [2.24, 2.45) is 0 Å². The molecule has 0 atom stereocenters. The van der Waals surface area contributed by atoms with Gasteiger partial charge in [-0.3, -0.25) is 4.79 Å². The molecule has 3 nitrogen and oxygen atoms in total. The predicted molar refractivity (Wildman–Crippen MR) is 79.2 cm³/mol. The van der Waals surface area contributed by atoms with Crippen molar-refractivity contribution >= 4 is 22.9 Å². The summed E-state index contributed by atoms with van der Waals surface area (Å²) in [7, 11) is 0. The molecule has 0 saturated carbocycles. The first-order valence-electron chi connectivity index (χ1n) is 6.79. The van der Waals surface area contributed by atoms with Gasteiger partial charge < -0.3 is 11.1 Å². The van der Waals surface area contributed by atoms with Crippen LogP contribution in [0.2, 0.25) is 0 Å². The van der Waals surface area contributed by atoms with Gasteiger partial charge in [-0.15, -0.1) is 11.3 Å². The maximum absolute atomic E-state index is 11.8. The average molecular weight is 268 g/mol. The van der Waals surface area contributed by atoms with Crippen LogP contribution in [-0.2, 0) is 0 Å². The summed E-state index contributed by atoms with van der Waals surface area (Å²) < 4.78 is 0. The molecule has 0 unspecified atom stereocenters. The van der Waals surface area contributed by atoms with Crippen LogP contribution in [0.15, 0.2) is 6.07 Å². The highest BCUT2D eigenvalue weighted by molar-refractivity contribution is 7.14. The van der Waals surface area contributed by atoms with Gasteiger partial charge in [-0.05, 0) is 19.4 Å². The Kier molecular flexibility index (Phi) is 6.80. The summed E-state index contributed by atoms with van der Waals surface area (Å²) in [4.78, 5) is 13.5. The lowest BCUT2D eigenvalue weighted by Crippen LogP contribution is -2.23. The molecule has 0 aliphatic carbocycles. The second-order valence-electron chi connectivity index (χ2n) is 4.65. The number of carbonyl (C=O) groups is 1. The zero-order chi connectivity index (χ0) is 13.4. The summed E-state index contributed by atoms with van der Waals surface area (Å²) in [5.41, 5.74) is 6.44. The molecule has 0 fully saturated rings. The minimum atomic E-state index is 0.00774. The van der Waals surface area contributed by atoms with Crippen molar-refractivity contribution in [3.05, 3.63) is 15.8 Å². The van der Waals surface area contributed by atoms with Crippen molar-refractivity contribution < 1.29 is 4.79 Å². The van der Waals surface area contributed by atoms with E-state index in [2.05, 4.69) is 12.2 Å². The Morgan fingerprint density at radius 1 is 1.28 bits per heavy atom. The monoisotopic (exact) mass is 268 g/mol. The van der Waals surface area contributed by atoms with Gasteiger partial charge in [0.1, 0.15) is 0 Å². The van der Waals surface area contributed by atoms with E-state index in [9.17, 15) is 4.79 Å². The Balaban J connectivity index is 2.14. The minimum absolute atomic E-state index is 0.00774. The molecular weight excluding hydrogens is 244 g/mol. The largest absolute Gasteiger partial charge is 0.398 e. The topological polar surface area (TPSA) is 55.1 Å². The maximum Gasteiger partial charge on any atom is 0.261 e. The van der Waals surface area contributed by atoms with Gasteiger partial charge in [0.15, 0.2) is 0 Å². The molecule has 1 aromatic heterocycles. The average Bonchev–Trinajstić information content (AvgIpc) is 2.68. The first-order chi connectivity index (χ1) is 8.65. The number of nitrogens with two attached hydrogens (primary N) is 1. The number of anilines is 1. The SMILES string of the molecule is CCCCCCCCNC(=O)c1cc(N)c(C)s1. The third-order valence-corrected chi connectivity index (χ3v) is 4.06. The van der Waals surface area contributed by atoms with Crippen LogP contribution in [-0.4, -0.2) is 12.5 Å². The number of thiophene rings is 1. The molecule has 1 rings (SSSR count). The Bertz CT molecular complexity index is 354. The normalized spacial score (nSPS) is 10.6. The second kappa shape index (κ2) is 8.14. The van der Waals surface area contributed by atoms with E-state index in [0.29, 0.717) is 5.69 Å². The molecule has 0 aliphatic rings. The summed E-state index contributed by atoms with van der Waals surface area (Å²) in [5, 5.41) is 2.95. The second-order valence-corrected chi connectivity index (χ2v) is 5.90. The van der Waals surface area contributed by atoms with E-state index in [0.717, 1.165) is 22.7 Å². The van der Waals surface area contributed by atoms with Gasteiger partial charge in [0.05, 0.1) is 4.88 Å². The van der Waals surface area contributed by atoms with Crippen LogP contribution in [0.25, 0.3) is 0 Å². The van der Waals surface area contributed by atoms with E-state index in [4.69, 9.17) is 5.73 Å². The fourth-order valence-corrected chi connectivity index (χ4v) is 2.66. The molecule has 0 radical (unpaired) electrons. The number of hydrogen-bond acceptors (Lipinski definition) is 3. The molecule has 3 N–H and O–H groups in total. The molecule has 102 valence electrons. The van der Waals surface area contributed by atoms with Crippen LogP contribution in [0.4, 0.5) is 5.69 Å². The Morgan fingerprint density at radius 2 is 1.94 bits per heavy atom. The van der Waals surface area contributed by atoms with Gasteiger partial charge >= 0.3 is 0 Å². The van der Waals surface area contributed by atoms with Crippen molar-refractivity contribution in [1.82, 2.24) is 5.32 Å². The minimum Gasteiger partial charge on any atom is -0.398 e. The first-order valence-corrected chi connectivity index (χ1v) is 7.61. The fraction of sp³-hybridized carbons (Fsp3) is 0.643. The van der Waals surface area contributed by atoms with Crippen LogP contribution >= 0.6 is 11.3 Å². The fourth-order valence-electron chi connectivity index (χ4n) is 1.80. The lowest BCUT2D eigenvalue weighted by atomic mass is 10.1. The Labute approximate surface area is 114 Å². The molecule has 0 bridgehead atoms. The number of carbonyl (C=O) groups excluding carboxylic acids is 1. The number of rotatable bonds is 8. The molecule has 1 aromatic rings. The number of amides is 1. The van der Waals surface area contributed by atoms with Gasteiger partial charge in [0, 0.05) is 17.1 Å². The summed E-state index contributed by atoms with van der Waals surface area (Å²) in [6, 6.07) is 1.76. The van der Waals surface area contributed by atoms with E-state index < -0.39 is 0 Å². The standard InChI is InChI=1S/C14H24N2OS/c1-3-4-5-6-7-8-9-16-14(17)13-10-12(15)11(2)18-13/h10H,3-9,15H2,1-2H3,(H,16,17). The zero-order valence-electron chi connectivity index (χ0n) is 11.4. The number of nitrogen functional groups attached to an aromatic ring is 1. The number of aryl methyl sites for hydroxylation is 1. The summed E-state index contributed by atoms with van der Waals surface area (Å²) in [6.07, 6.45) is 7.44. The lowest BCUT2D eigenvalue weighted by Gasteiger charge is -2.03. The van der Waals surface area contributed by atoms with E-state index in [1.54, 1.807) is 6.07 Å². The third-order valence-electron chi connectivity index (χ3n) is 3.00. The van der Waals surface area contributed by atoms with Crippen molar-refractivity contribution in [2.75, 3.05) is 12.3 Å². The highest BCUT2D eigenvalue weighted by Gasteiger charge is 2.09. The number of nitrogens with one attached hydrogen (secondary N) is 1. The Hall–Kier alpha value is -1.03. The van der Waals surface area contributed by atoms with E-state index in [-0.39, 0.29) is 5.91 Å². The lowest BCUT2D eigenvalue weighted by molar-refractivity contribution is 0.0957. The molecule has 0 saturated heterocycles.